The Labute approximate surface area is 136 Å². The van der Waals surface area contributed by atoms with E-state index in [1.165, 1.54) is 18.1 Å². The quantitative estimate of drug-likeness (QED) is 0.812. The first-order valence-corrected chi connectivity index (χ1v) is 7.83. The lowest BCUT2D eigenvalue weighted by Crippen LogP contribution is -2.40. The maximum Gasteiger partial charge on any atom is 0.321 e. The van der Waals surface area contributed by atoms with Crippen LogP contribution in [0.25, 0.3) is 5.69 Å². The summed E-state index contributed by atoms with van der Waals surface area (Å²) in [5, 5.41) is 13.6. The fourth-order valence-corrected chi connectivity index (χ4v) is 2.54. The van der Waals surface area contributed by atoms with Gasteiger partial charge in [-0.2, -0.15) is 0 Å². The summed E-state index contributed by atoms with van der Waals surface area (Å²) in [7, 11) is 0. The average molecular weight is 340 g/mol. The third-order valence-electron chi connectivity index (χ3n) is 2.53. The Bertz CT molecular complexity index is 676. The van der Waals surface area contributed by atoms with Gasteiger partial charge >= 0.3 is 6.03 Å². The number of thioether (sulfide) groups is 1. The topological polar surface area (TPSA) is 88.9 Å². The van der Waals surface area contributed by atoms with E-state index in [4.69, 9.17) is 11.6 Å². The molecule has 7 nitrogen and oxygen atoms in total. The van der Waals surface area contributed by atoms with Gasteiger partial charge in [0.05, 0.1) is 11.4 Å². The van der Waals surface area contributed by atoms with Gasteiger partial charge in [-0.1, -0.05) is 29.4 Å². The van der Waals surface area contributed by atoms with Crippen LogP contribution in [0.4, 0.5) is 4.79 Å². The van der Waals surface area contributed by atoms with Gasteiger partial charge in [-0.05, 0) is 25.1 Å². The summed E-state index contributed by atoms with van der Waals surface area (Å²) in [4.78, 5) is 22.9. The molecule has 0 atom stereocenters. The Kier molecular flexibility index (Phi) is 5.79. The molecule has 1 heterocycles. The van der Waals surface area contributed by atoms with Crippen molar-refractivity contribution >= 4 is 35.3 Å². The number of urea groups is 1. The molecule has 2 rings (SSSR count). The Morgan fingerprint density at radius 2 is 2.23 bits per heavy atom. The van der Waals surface area contributed by atoms with Crippen molar-refractivity contribution in [3.05, 3.63) is 35.6 Å². The van der Waals surface area contributed by atoms with Gasteiger partial charge in [0.1, 0.15) is 6.33 Å². The second-order valence-electron chi connectivity index (χ2n) is 4.16. The number of carbonyl (C=O) groups excluding carboxylic acids is 2. The van der Waals surface area contributed by atoms with Crippen molar-refractivity contribution in [2.45, 2.75) is 12.1 Å². The van der Waals surface area contributed by atoms with Crippen molar-refractivity contribution in [2.75, 3.05) is 12.3 Å². The Morgan fingerprint density at radius 3 is 2.95 bits per heavy atom. The molecule has 0 radical (unpaired) electrons. The van der Waals surface area contributed by atoms with Gasteiger partial charge in [0, 0.05) is 11.6 Å². The molecule has 2 aromatic rings. The minimum Gasteiger partial charge on any atom is -0.338 e. The van der Waals surface area contributed by atoms with E-state index >= 15 is 0 Å². The minimum absolute atomic E-state index is 0.0520. The molecule has 0 aliphatic carbocycles. The van der Waals surface area contributed by atoms with E-state index in [-0.39, 0.29) is 5.75 Å². The van der Waals surface area contributed by atoms with E-state index < -0.39 is 11.9 Å². The van der Waals surface area contributed by atoms with Crippen molar-refractivity contribution < 1.29 is 9.59 Å². The number of halogens is 1. The fourth-order valence-electron chi connectivity index (χ4n) is 1.62. The summed E-state index contributed by atoms with van der Waals surface area (Å²) < 4.78 is 1.72. The van der Waals surface area contributed by atoms with Crippen LogP contribution in [0.2, 0.25) is 5.02 Å². The fraction of sp³-hybridized carbons (Fsp3) is 0.231. The monoisotopic (exact) mass is 339 g/mol. The first-order valence-electron chi connectivity index (χ1n) is 6.46. The van der Waals surface area contributed by atoms with Crippen LogP contribution in [0, 0.1) is 0 Å². The second-order valence-corrected chi connectivity index (χ2v) is 5.54. The molecule has 116 valence electrons. The lowest BCUT2D eigenvalue weighted by Gasteiger charge is -2.07. The summed E-state index contributed by atoms with van der Waals surface area (Å²) in [6.45, 7) is 2.22. The van der Waals surface area contributed by atoms with Gasteiger partial charge in [-0.15, -0.1) is 10.2 Å². The van der Waals surface area contributed by atoms with E-state index in [2.05, 4.69) is 20.8 Å². The van der Waals surface area contributed by atoms with Gasteiger partial charge in [-0.25, -0.2) is 4.79 Å². The Hall–Kier alpha value is -2.06. The number of benzene rings is 1. The summed E-state index contributed by atoms with van der Waals surface area (Å²) in [6.07, 6.45) is 1.54. The van der Waals surface area contributed by atoms with E-state index in [1.807, 2.05) is 12.1 Å². The number of carbonyl (C=O) groups is 2. The second kappa shape index (κ2) is 7.81. The van der Waals surface area contributed by atoms with Crippen molar-refractivity contribution in [1.82, 2.24) is 25.4 Å². The van der Waals surface area contributed by atoms with Gasteiger partial charge in [-0.3, -0.25) is 14.7 Å². The summed E-state index contributed by atoms with van der Waals surface area (Å²) in [5.41, 5.74) is 0.795. The van der Waals surface area contributed by atoms with E-state index in [1.54, 1.807) is 23.6 Å². The third-order valence-corrected chi connectivity index (χ3v) is 3.70. The highest BCUT2D eigenvalue weighted by Crippen LogP contribution is 2.21. The van der Waals surface area contributed by atoms with Crippen LogP contribution in [0.5, 0.6) is 0 Å². The van der Waals surface area contributed by atoms with Crippen LogP contribution in [0.3, 0.4) is 0 Å². The zero-order chi connectivity index (χ0) is 15.9. The smallest absolute Gasteiger partial charge is 0.321 e. The summed E-state index contributed by atoms with van der Waals surface area (Å²) in [6, 6.07) is 6.69. The molecule has 0 saturated heterocycles. The molecule has 1 aromatic heterocycles. The van der Waals surface area contributed by atoms with Crippen molar-refractivity contribution in [2.24, 2.45) is 0 Å². The number of hydrogen-bond donors (Lipinski definition) is 2. The lowest BCUT2D eigenvalue weighted by molar-refractivity contribution is -0.117. The first-order chi connectivity index (χ1) is 10.6. The average Bonchev–Trinajstić information content (AvgIpc) is 2.93. The van der Waals surface area contributed by atoms with E-state index in [9.17, 15) is 9.59 Å². The van der Waals surface area contributed by atoms with Crippen LogP contribution in [-0.2, 0) is 4.79 Å². The van der Waals surface area contributed by atoms with Crippen LogP contribution in [0.1, 0.15) is 6.92 Å². The minimum atomic E-state index is -0.510. The number of amides is 3. The third kappa shape index (κ3) is 4.47. The predicted molar refractivity (Wildman–Crippen MR) is 84.3 cm³/mol. The largest absolute Gasteiger partial charge is 0.338 e. The molecule has 0 saturated carbocycles. The highest BCUT2D eigenvalue weighted by atomic mass is 35.5. The lowest BCUT2D eigenvalue weighted by atomic mass is 10.3. The molecule has 9 heteroatoms. The molecule has 0 unspecified atom stereocenters. The molecule has 0 aliphatic rings. The number of nitrogens with zero attached hydrogens (tertiary/aromatic N) is 3. The van der Waals surface area contributed by atoms with Gasteiger partial charge in [0.25, 0.3) is 0 Å². The number of hydrogen-bond acceptors (Lipinski definition) is 5. The van der Waals surface area contributed by atoms with Crippen LogP contribution in [0.15, 0.2) is 35.7 Å². The van der Waals surface area contributed by atoms with Gasteiger partial charge in [0.15, 0.2) is 5.16 Å². The van der Waals surface area contributed by atoms with Crippen molar-refractivity contribution in [1.29, 1.82) is 0 Å². The molecular formula is C13H14ClN5O2S. The molecule has 0 aliphatic heterocycles. The normalized spacial score (nSPS) is 10.3. The number of imide groups is 1. The van der Waals surface area contributed by atoms with Gasteiger partial charge < -0.3 is 5.32 Å². The van der Waals surface area contributed by atoms with E-state index in [0.29, 0.717) is 16.7 Å². The van der Waals surface area contributed by atoms with Crippen LogP contribution < -0.4 is 10.6 Å². The summed E-state index contributed by atoms with van der Waals surface area (Å²) >= 11 is 7.14. The number of aromatic nitrogens is 3. The van der Waals surface area contributed by atoms with Gasteiger partial charge in [0.2, 0.25) is 5.91 Å². The van der Waals surface area contributed by atoms with Crippen molar-refractivity contribution in [3.8, 4) is 5.69 Å². The van der Waals surface area contributed by atoms with Crippen LogP contribution >= 0.6 is 23.4 Å². The maximum absolute atomic E-state index is 11.7. The van der Waals surface area contributed by atoms with Crippen LogP contribution in [-0.4, -0.2) is 39.0 Å². The standard InChI is InChI=1S/C13H14ClN5O2S/c1-2-15-12(21)17-11(20)7-22-13-18-16-8-19(13)10-5-3-4-9(14)6-10/h3-6,8H,2,7H2,1H3,(H2,15,17,20,21). The molecule has 0 fully saturated rings. The molecule has 3 amide bonds. The number of nitrogens with one attached hydrogen (secondary N) is 2. The Balaban J connectivity index is 1.99. The molecule has 1 aromatic carbocycles. The molecule has 0 bridgehead atoms. The molecular weight excluding hydrogens is 326 g/mol. The predicted octanol–water partition coefficient (Wildman–Crippen LogP) is 1.86. The number of rotatable bonds is 5. The maximum atomic E-state index is 11.7. The van der Waals surface area contributed by atoms with E-state index in [0.717, 1.165) is 5.69 Å². The molecule has 2 N–H and O–H groups in total. The molecule has 22 heavy (non-hydrogen) atoms. The summed E-state index contributed by atoms with van der Waals surface area (Å²) in [5.74, 6) is -0.354. The van der Waals surface area contributed by atoms with Crippen molar-refractivity contribution in [3.63, 3.8) is 0 Å². The first kappa shape index (κ1) is 16.3. The zero-order valence-electron chi connectivity index (χ0n) is 11.7. The molecule has 0 spiro atoms. The highest BCUT2D eigenvalue weighted by Gasteiger charge is 2.12. The Morgan fingerprint density at radius 1 is 1.41 bits per heavy atom. The highest BCUT2D eigenvalue weighted by molar-refractivity contribution is 7.99. The SMILES string of the molecule is CCNC(=O)NC(=O)CSc1nncn1-c1cccc(Cl)c1. The zero-order valence-corrected chi connectivity index (χ0v) is 13.3.